The van der Waals surface area contributed by atoms with Gasteiger partial charge in [-0.25, -0.2) is 8.78 Å². The number of halogens is 2. The maximum Gasteiger partial charge on any atom is 0.270 e. The Morgan fingerprint density at radius 1 is 1.29 bits per heavy atom. The third kappa shape index (κ3) is 3.07. The molecule has 1 atom stereocenters. The third-order valence-electron chi connectivity index (χ3n) is 1.99. The van der Waals surface area contributed by atoms with Crippen molar-refractivity contribution in [2.24, 2.45) is 0 Å². The Hall–Kier alpha value is -0.960. The third-order valence-corrected chi connectivity index (χ3v) is 1.99. The topological polar surface area (TPSA) is 20.2 Å². The lowest BCUT2D eigenvalue weighted by atomic mass is 10.0. The lowest BCUT2D eigenvalue weighted by Crippen LogP contribution is -2.08. The van der Waals surface area contributed by atoms with Crippen molar-refractivity contribution in [3.63, 3.8) is 0 Å². The molecular formula is C11H14F2O. The van der Waals surface area contributed by atoms with E-state index in [0.717, 1.165) is 12.5 Å². The van der Waals surface area contributed by atoms with Gasteiger partial charge < -0.3 is 5.11 Å². The highest BCUT2D eigenvalue weighted by Gasteiger charge is 2.23. The minimum Gasteiger partial charge on any atom is -0.393 e. The molecular weight excluding hydrogens is 186 g/mol. The normalized spacial score (nSPS) is 14.1. The van der Waals surface area contributed by atoms with E-state index in [0.29, 0.717) is 6.42 Å². The Bertz CT molecular complexity index is 285. The average Bonchev–Trinajstić information content (AvgIpc) is 2.02. The fourth-order valence-corrected chi connectivity index (χ4v) is 1.27. The van der Waals surface area contributed by atoms with E-state index in [9.17, 15) is 8.78 Å². The number of aliphatic hydroxyl groups excluding tert-OH is 1. The van der Waals surface area contributed by atoms with Crippen molar-refractivity contribution in [3.05, 3.63) is 35.4 Å². The van der Waals surface area contributed by atoms with Crippen molar-refractivity contribution in [1.82, 2.24) is 0 Å². The van der Waals surface area contributed by atoms with Crippen LogP contribution in [0, 0.1) is 0 Å². The molecule has 0 fully saturated rings. The van der Waals surface area contributed by atoms with Gasteiger partial charge in [0.15, 0.2) is 0 Å². The maximum atomic E-state index is 12.8. The molecule has 14 heavy (non-hydrogen) atoms. The van der Waals surface area contributed by atoms with Gasteiger partial charge in [0.1, 0.15) is 0 Å². The van der Waals surface area contributed by atoms with E-state index in [-0.39, 0.29) is 5.56 Å². The van der Waals surface area contributed by atoms with Crippen LogP contribution in [-0.4, -0.2) is 11.2 Å². The summed E-state index contributed by atoms with van der Waals surface area (Å²) < 4.78 is 25.6. The van der Waals surface area contributed by atoms with E-state index in [1.807, 2.05) is 0 Å². The molecule has 0 saturated carbocycles. The molecule has 0 saturated heterocycles. The first-order chi connectivity index (χ1) is 6.39. The van der Waals surface area contributed by atoms with Crippen LogP contribution in [0.3, 0.4) is 0 Å². The Morgan fingerprint density at radius 2 is 1.79 bits per heavy atom. The van der Waals surface area contributed by atoms with E-state index < -0.39 is 12.0 Å². The molecule has 78 valence electrons. The van der Waals surface area contributed by atoms with E-state index >= 15 is 0 Å². The van der Waals surface area contributed by atoms with E-state index in [4.69, 9.17) is 5.11 Å². The van der Waals surface area contributed by atoms with Crippen LogP contribution in [0.25, 0.3) is 0 Å². The molecule has 1 aromatic carbocycles. The second kappa shape index (κ2) is 4.05. The molecule has 0 radical (unpaired) electrons. The molecule has 0 bridgehead atoms. The van der Waals surface area contributed by atoms with Crippen molar-refractivity contribution >= 4 is 0 Å². The van der Waals surface area contributed by atoms with Crippen molar-refractivity contribution in [1.29, 1.82) is 0 Å². The first kappa shape index (κ1) is 11.1. The van der Waals surface area contributed by atoms with E-state index in [2.05, 4.69) is 0 Å². The van der Waals surface area contributed by atoms with Crippen molar-refractivity contribution in [2.45, 2.75) is 32.3 Å². The summed E-state index contributed by atoms with van der Waals surface area (Å²) in [5.74, 6) is -2.79. The largest absolute Gasteiger partial charge is 0.393 e. The van der Waals surface area contributed by atoms with Crippen LogP contribution in [-0.2, 0) is 12.3 Å². The maximum absolute atomic E-state index is 12.8. The summed E-state index contributed by atoms with van der Waals surface area (Å²) in [5, 5.41) is 9.09. The summed E-state index contributed by atoms with van der Waals surface area (Å²) in [5.41, 5.74) is 0.875. The predicted molar refractivity (Wildman–Crippen MR) is 51.4 cm³/mol. The summed E-state index contributed by atoms with van der Waals surface area (Å²) >= 11 is 0. The average molecular weight is 200 g/mol. The van der Waals surface area contributed by atoms with Crippen LogP contribution in [0.5, 0.6) is 0 Å². The van der Waals surface area contributed by atoms with Gasteiger partial charge in [-0.1, -0.05) is 24.3 Å². The number of hydrogen-bond acceptors (Lipinski definition) is 1. The number of aliphatic hydroxyl groups is 1. The molecule has 0 amide bonds. The van der Waals surface area contributed by atoms with Crippen molar-refractivity contribution < 1.29 is 13.9 Å². The van der Waals surface area contributed by atoms with Crippen LogP contribution in [0.2, 0.25) is 0 Å². The smallest absolute Gasteiger partial charge is 0.270 e. The molecule has 1 rings (SSSR count). The zero-order chi connectivity index (χ0) is 10.8. The van der Waals surface area contributed by atoms with Crippen LogP contribution in [0.4, 0.5) is 8.78 Å². The lowest BCUT2D eigenvalue weighted by molar-refractivity contribution is 0.0174. The highest BCUT2D eigenvalue weighted by Crippen LogP contribution is 2.26. The summed E-state index contributed by atoms with van der Waals surface area (Å²) in [6.07, 6.45) is 0.0539. The zero-order valence-electron chi connectivity index (χ0n) is 8.30. The lowest BCUT2D eigenvalue weighted by Gasteiger charge is -2.11. The molecule has 1 aromatic rings. The Labute approximate surface area is 82.4 Å². The van der Waals surface area contributed by atoms with Gasteiger partial charge in [0.2, 0.25) is 0 Å². The minimum absolute atomic E-state index is 0.00634. The molecule has 0 spiro atoms. The van der Waals surface area contributed by atoms with Gasteiger partial charge in [-0.2, -0.15) is 0 Å². The molecule has 1 unspecified atom stereocenters. The molecule has 1 N–H and O–H groups in total. The zero-order valence-corrected chi connectivity index (χ0v) is 8.30. The Kier molecular flexibility index (Phi) is 3.21. The van der Waals surface area contributed by atoms with Gasteiger partial charge >= 0.3 is 0 Å². The van der Waals surface area contributed by atoms with Gasteiger partial charge in [0.05, 0.1) is 6.10 Å². The molecule has 0 aliphatic heterocycles. The Balaban J connectivity index is 2.79. The van der Waals surface area contributed by atoms with Gasteiger partial charge in [0, 0.05) is 12.5 Å². The minimum atomic E-state index is -2.79. The van der Waals surface area contributed by atoms with Crippen molar-refractivity contribution in [3.8, 4) is 0 Å². The molecule has 0 aromatic heterocycles. The molecule has 0 aliphatic rings. The number of rotatable bonds is 3. The molecule has 3 heteroatoms. The predicted octanol–water partition coefficient (Wildman–Crippen LogP) is 2.72. The monoisotopic (exact) mass is 200 g/mol. The van der Waals surface area contributed by atoms with Crippen LogP contribution in [0.1, 0.15) is 25.0 Å². The molecule has 0 aliphatic carbocycles. The second-order valence-electron chi connectivity index (χ2n) is 3.64. The summed E-state index contributed by atoms with van der Waals surface area (Å²) in [4.78, 5) is 0. The molecule has 0 heterocycles. The van der Waals surface area contributed by atoms with E-state index in [1.165, 1.54) is 12.1 Å². The quantitative estimate of drug-likeness (QED) is 0.795. The number of benzene rings is 1. The highest BCUT2D eigenvalue weighted by atomic mass is 19.3. The Morgan fingerprint density at radius 3 is 2.14 bits per heavy atom. The first-order valence-corrected chi connectivity index (χ1v) is 4.55. The van der Waals surface area contributed by atoms with Crippen LogP contribution < -0.4 is 0 Å². The van der Waals surface area contributed by atoms with Crippen LogP contribution >= 0.6 is 0 Å². The number of hydrogen-bond donors (Lipinski definition) is 1. The van der Waals surface area contributed by atoms with E-state index in [1.54, 1.807) is 19.1 Å². The highest BCUT2D eigenvalue weighted by molar-refractivity contribution is 5.25. The SMILES string of the molecule is CC(O)Cc1ccc(C(C)(F)F)cc1. The first-order valence-electron chi connectivity index (χ1n) is 4.55. The second-order valence-corrected chi connectivity index (χ2v) is 3.64. The summed E-state index contributed by atoms with van der Waals surface area (Å²) in [6.45, 7) is 2.54. The standard InChI is InChI=1S/C11H14F2O/c1-8(14)7-9-3-5-10(6-4-9)11(2,12)13/h3-6,8,14H,7H2,1-2H3. The fourth-order valence-electron chi connectivity index (χ4n) is 1.27. The van der Waals surface area contributed by atoms with Gasteiger partial charge in [-0.15, -0.1) is 0 Å². The van der Waals surface area contributed by atoms with Gasteiger partial charge in [0.25, 0.3) is 5.92 Å². The van der Waals surface area contributed by atoms with Crippen molar-refractivity contribution in [2.75, 3.05) is 0 Å². The van der Waals surface area contributed by atoms with Crippen LogP contribution in [0.15, 0.2) is 24.3 Å². The summed E-state index contributed by atoms with van der Waals surface area (Å²) in [7, 11) is 0. The molecule has 1 nitrogen and oxygen atoms in total. The summed E-state index contributed by atoms with van der Waals surface area (Å²) in [6, 6.07) is 6.05. The number of alkyl halides is 2. The van der Waals surface area contributed by atoms with Gasteiger partial charge in [-0.3, -0.25) is 0 Å². The van der Waals surface area contributed by atoms with Gasteiger partial charge in [-0.05, 0) is 18.9 Å². The fraction of sp³-hybridized carbons (Fsp3) is 0.455.